The summed E-state index contributed by atoms with van der Waals surface area (Å²) < 4.78 is 5.62. The summed E-state index contributed by atoms with van der Waals surface area (Å²) in [5.41, 5.74) is 2.20. The number of hydrogen-bond donors (Lipinski definition) is 1. The molecule has 1 aliphatic heterocycles. The maximum atomic E-state index is 10.4. The number of piperidine rings is 1. The van der Waals surface area contributed by atoms with Gasteiger partial charge in [0.1, 0.15) is 0 Å². The van der Waals surface area contributed by atoms with Crippen LogP contribution in [0.5, 0.6) is 0 Å². The summed E-state index contributed by atoms with van der Waals surface area (Å²) in [5.74, 6) is 0. The van der Waals surface area contributed by atoms with Crippen LogP contribution in [0.4, 0.5) is 0 Å². The van der Waals surface area contributed by atoms with Gasteiger partial charge in [-0.1, -0.05) is 24.3 Å². The van der Waals surface area contributed by atoms with Crippen LogP contribution in [0, 0.1) is 6.92 Å². The van der Waals surface area contributed by atoms with E-state index in [0.29, 0.717) is 0 Å². The second-order valence-corrected chi connectivity index (χ2v) is 6.19. The highest BCUT2D eigenvalue weighted by molar-refractivity contribution is 5.27. The van der Waals surface area contributed by atoms with E-state index in [4.69, 9.17) is 4.74 Å². The Balaban J connectivity index is 1.87. The molecule has 0 amide bonds. The van der Waals surface area contributed by atoms with Crippen molar-refractivity contribution in [2.75, 3.05) is 26.7 Å². The highest BCUT2D eigenvalue weighted by Crippen LogP contribution is 2.26. The zero-order chi connectivity index (χ0) is 14.6. The maximum absolute atomic E-state index is 10.4. The lowest BCUT2D eigenvalue weighted by Crippen LogP contribution is -2.47. The smallest absolute Gasteiger partial charge is 0.0804 e. The molecule has 2 rings (SSSR count). The molecule has 112 valence electrons. The molecule has 1 aromatic carbocycles. The molecule has 0 saturated carbocycles. The number of methoxy groups -OCH3 is 1. The standard InChI is InChI=1S/C17H27NO2/c1-14-7-4-5-8-15(14)16(19)9-12-18-11-6-10-17(2,13-18)20-3/h4-5,7-8,16,19H,6,9-13H2,1-3H3. The van der Waals surface area contributed by atoms with Crippen molar-refractivity contribution in [3.05, 3.63) is 35.4 Å². The van der Waals surface area contributed by atoms with Gasteiger partial charge in [0.2, 0.25) is 0 Å². The fourth-order valence-corrected chi connectivity index (χ4v) is 3.09. The average Bonchev–Trinajstić information content (AvgIpc) is 2.45. The fraction of sp³-hybridized carbons (Fsp3) is 0.647. The predicted octanol–water partition coefficient (Wildman–Crippen LogP) is 2.92. The van der Waals surface area contributed by atoms with Crippen molar-refractivity contribution in [1.82, 2.24) is 4.90 Å². The number of ether oxygens (including phenoxy) is 1. The molecule has 0 radical (unpaired) electrons. The first kappa shape index (κ1) is 15.5. The predicted molar refractivity (Wildman–Crippen MR) is 81.8 cm³/mol. The third-order valence-electron chi connectivity index (χ3n) is 4.50. The summed E-state index contributed by atoms with van der Waals surface area (Å²) in [6, 6.07) is 8.09. The topological polar surface area (TPSA) is 32.7 Å². The van der Waals surface area contributed by atoms with Crippen LogP contribution in [0.15, 0.2) is 24.3 Å². The molecule has 1 heterocycles. The molecule has 0 aromatic heterocycles. The summed E-state index contributed by atoms with van der Waals surface area (Å²) in [6.45, 7) is 7.23. The van der Waals surface area contributed by atoms with E-state index >= 15 is 0 Å². The van der Waals surface area contributed by atoms with Gasteiger partial charge in [-0.15, -0.1) is 0 Å². The quantitative estimate of drug-likeness (QED) is 0.898. The van der Waals surface area contributed by atoms with Crippen LogP contribution >= 0.6 is 0 Å². The number of likely N-dealkylation sites (tertiary alicyclic amines) is 1. The highest BCUT2D eigenvalue weighted by Gasteiger charge is 2.30. The lowest BCUT2D eigenvalue weighted by Gasteiger charge is -2.39. The molecule has 3 heteroatoms. The Hall–Kier alpha value is -0.900. The van der Waals surface area contributed by atoms with Gasteiger partial charge < -0.3 is 14.7 Å². The summed E-state index contributed by atoms with van der Waals surface area (Å²) in [6.07, 6.45) is 2.71. The molecule has 2 atom stereocenters. The molecule has 1 aliphatic rings. The van der Waals surface area contributed by atoms with E-state index in [1.54, 1.807) is 7.11 Å². The largest absolute Gasteiger partial charge is 0.388 e. The van der Waals surface area contributed by atoms with E-state index < -0.39 is 0 Å². The molecule has 1 fully saturated rings. The van der Waals surface area contributed by atoms with Crippen molar-refractivity contribution in [2.45, 2.75) is 44.8 Å². The minimum Gasteiger partial charge on any atom is -0.388 e. The zero-order valence-corrected chi connectivity index (χ0v) is 12.9. The summed E-state index contributed by atoms with van der Waals surface area (Å²) in [4.78, 5) is 2.41. The summed E-state index contributed by atoms with van der Waals surface area (Å²) >= 11 is 0. The molecular weight excluding hydrogens is 250 g/mol. The van der Waals surface area contributed by atoms with Gasteiger partial charge in [-0.25, -0.2) is 0 Å². The zero-order valence-electron chi connectivity index (χ0n) is 12.9. The Labute approximate surface area is 122 Å². The minimum atomic E-state index is -0.369. The van der Waals surface area contributed by atoms with E-state index in [1.807, 2.05) is 18.2 Å². The van der Waals surface area contributed by atoms with Gasteiger partial charge in [-0.2, -0.15) is 0 Å². The van der Waals surface area contributed by atoms with Crippen molar-refractivity contribution in [2.24, 2.45) is 0 Å². The summed E-state index contributed by atoms with van der Waals surface area (Å²) in [5, 5.41) is 10.4. The summed E-state index contributed by atoms with van der Waals surface area (Å²) in [7, 11) is 1.80. The lowest BCUT2D eigenvalue weighted by molar-refractivity contribution is -0.0528. The number of aryl methyl sites for hydroxylation is 1. The number of hydrogen-bond acceptors (Lipinski definition) is 3. The molecular formula is C17H27NO2. The minimum absolute atomic E-state index is 0.0220. The number of aliphatic hydroxyl groups is 1. The maximum Gasteiger partial charge on any atom is 0.0804 e. The van der Waals surface area contributed by atoms with Crippen LogP contribution in [0.3, 0.4) is 0 Å². The van der Waals surface area contributed by atoms with Crippen molar-refractivity contribution in [3.63, 3.8) is 0 Å². The molecule has 1 saturated heterocycles. The SMILES string of the molecule is COC1(C)CCCN(CCC(O)c2ccccc2C)C1. The number of aliphatic hydroxyl groups excluding tert-OH is 1. The van der Waals surface area contributed by atoms with E-state index in [2.05, 4.69) is 24.8 Å². The Morgan fingerprint density at radius 3 is 2.85 bits per heavy atom. The van der Waals surface area contributed by atoms with Gasteiger partial charge in [-0.05, 0) is 50.8 Å². The van der Waals surface area contributed by atoms with Crippen molar-refractivity contribution in [1.29, 1.82) is 0 Å². The van der Waals surface area contributed by atoms with E-state index in [-0.39, 0.29) is 11.7 Å². The molecule has 0 bridgehead atoms. The monoisotopic (exact) mass is 277 g/mol. The van der Waals surface area contributed by atoms with Crippen LogP contribution in [0.1, 0.15) is 43.4 Å². The fourth-order valence-electron chi connectivity index (χ4n) is 3.09. The number of benzene rings is 1. The van der Waals surface area contributed by atoms with Gasteiger partial charge in [0.15, 0.2) is 0 Å². The second kappa shape index (κ2) is 6.70. The first-order chi connectivity index (χ1) is 9.54. The average molecular weight is 277 g/mol. The van der Waals surface area contributed by atoms with Gasteiger partial charge >= 0.3 is 0 Å². The Bertz CT molecular complexity index is 435. The van der Waals surface area contributed by atoms with Crippen molar-refractivity contribution in [3.8, 4) is 0 Å². The van der Waals surface area contributed by atoms with E-state index in [0.717, 1.165) is 38.0 Å². The Kier molecular flexibility index (Phi) is 5.19. The number of nitrogens with zero attached hydrogens (tertiary/aromatic N) is 1. The molecule has 2 unspecified atom stereocenters. The van der Waals surface area contributed by atoms with Gasteiger partial charge in [0.05, 0.1) is 11.7 Å². The molecule has 1 aromatic rings. The van der Waals surface area contributed by atoms with Crippen LogP contribution in [0.2, 0.25) is 0 Å². The van der Waals surface area contributed by atoms with Crippen molar-refractivity contribution >= 4 is 0 Å². The lowest BCUT2D eigenvalue weighted by atomic mass is 9.94. The molecule has 20 heavy (non-hydrogen) atoms. The van der Waals surface area contributed by atoms with Crippen molar-refractivity contribution < 1.29 is 9.84 Å². The molecule has 1 N–H and O–H groups in total. The third kappa shape index (κ3) is 3.81. The number of rotatable bonds is 5. The van der Waals surface area contributed by atoms with Crippen LogP contribution < -0.4 is 0 Å². The van der Waals surface area contributed by atoms with E-state index in [1.165, 1.54) is 12.0 Å². The van der Waals surface area contributed by atoms with Crippen LogP contribution in [0.25, 0.3) is 0 Å². The third-order valence-corrected chi connectivity index (χ3v) is 4.50. The second-order valence-electron chi connectivity index (χ2n) is 6.19. The van der Waals surface area contributed by atoms with Gasteiger partial charge in [0, 0.05) is 20.2 Å². The highest BCUT2D eigenvalue weighted by atomic mass is 16.5. The first-order valence-electron chi connectivity index (χ1n) is 7.55. The van der Waals surface area contributed by atoms with E-state index in [9.17, 15) is 5.11 Å². The molecule has 0 spiro atoms. The molecule has 3 nitrogen and oxygen atoms in total. The van der Waals surface area contributed by atoms with Crippen LogP contribution in [-0.2, 0) is 4.74 Å². The normalized spacial score (nSPS) is 25.6. The Morgan fingerprint density at radius 2 is 2.15 bits per heavy atom. The Morgan fingerprint density at radius 1 is 1.40 bits per heavy atom. The molecule has 0 aliphatic carbocycles. The van der Waals surface area contributed by atoms with Gasteiger partial charge in [0.25, 0.3) is 0 Å². The first-order valence-corrected chi connectivity index (χ1v) is 7.55. The van der Waals surface area contributed by atoms with Crippen LogP contribution in [-0.4, -0.2) is 42.4 Å². The van der Waals surface area contributed by atoms with Gasteiger partial charge in [-0.3, -0.25) is 0 Å².